The average Bonchev–Trinajstić information content (AvgIpc) is 3.04. The molecule has 0 aromatic carbocycles. The number of Topliss-reactive ketones (excluding diaryl/α,β-unsaturated/α-hetero) is 1. The van der Waals surface area contributed by atoms with Crippen molar-refractivity contribution in [1.29, 1.82) is 0 Å². The van der Waals surface area contributed by atoms with E-state index in [-0.39, 0.29) is 21.7 Å². The number of ketones is 1. The number of hydrogen-bond acceptors (Lipinski definition) is 2. The van der Waals surface area contributed by atoms with E-state index in [0.29, 0.717) is 35.4 Å². The summed E-state index contributed by atoms with van der Waals surface area (Å²) < 4.78 is 0. The molecule has 3 heteroatoms. The van der Waals surface area contributed by atoms with Crippen LogP contribution in [0.5, 0.6) is 0 Å². The van der Waals surface area contributed by atoms with Gasteiger partial charge >= 0.3 is 5.97 Å². The minimum absolute atomic E-state index is 0.197. The number of carbonyl (C=O) groups excluding carboxylic acids is 1. The number of fused-ring (bicyclic) bond motifs is 7. The smallest absolute Gasteiger partial charge is 0.309 e. The lowest BCUT2D eigenvalue weighted by molar-refractivity contribution is -0.235. The molecule has 5 aliphatic carbocycles. The van der Waals surface area contributed by atoms with Crippen LogP contribution in [-0.4, -0.2) is 16.9 Å². The molecular formula is C28H44O3. The van der Waals surface area contributed by atoms with Gasteiger partial charge in [0, 0.05) is 11.8 Å². The Kier molecular flexibility index (Phi) is 4.52. The predicted molar refractivity (Wildman–Crippen MR) is 122 cm³/mol. The fourth-order valence-corrected chi connectivity index (χ4v) is 11.1. The summed E-state index contributed by atoms with van der Waals surface area (Å²) >= 11 is 0. The van der Waals surface area contributed by atoms with E-state index < -0.39 is 11.4 Å². The standard InChI is InChI=1S/C28H44O3/c1-17-9-14-28(23(30)31)16-15-26(5)18(22(17)28)7-8-20-25(4)12-11-21(29)24(2,3)19(25)10-13-27(20,26)6/h17-20,22H,7-16H2,1-6H3,(H,30,31)/t17-,18?,19?,20?,22?,25+,26-,27-,28+/m1/s1. The summed E-state index contributed by atoms with van der Waals surface area (Å²) in [5, 5.41) is 10.3. The molecule has 0 bridgehead atoms. The summed E-state index contributed by atoms with van der Waals surface area (Å²) in [5.41, 5.74) is 0.0492. The van der Waals surface area contributed by atoms with Crippen molar-refractivity contribution in [2.45, 2.75) is 106 Å². The molecule has 5 rings (SSSR count). The Morgan fingerprint density at radius 3 is 2.23 bits per heavy atom. The fraction of sp³-hybridized carbons (Fsp3) is 0.929. The maximum Gasteiger partial charge on any atom is 0.309 e. The molecule has 0 saturated heterocycles. The van der Waals surface area contributed by atoms with Crippen molar-refractivity contribution in [3.05, 3.63) is 0 Å². The summed E-state index contributed by atoms with van der Waals surface area (Å²) in [6, 6.07) is 0. The van der Waals surface area contributed by atoms with E-state index in [4.69, 9.17) is 0 Å². The second-order valence-electron chi connectivity index (χ2n) is 13.8. The van der Waals surface area contributed by atoms with Crippen LogP contribution in [0.3, 0.4) is 0 Å². The van der Waals surface area contributed by atoms with Crippen LogP contribution >= 0.6 is 0 Å². The lowest BCUT2D eigenvalue weighted by atomic mass is 9.32. The molecule has 0 radical (unpaired) electrons. The van der Waals surface area contributed by atoms with Crippen molar-refractivity contribution >= 4 is 11.8 Å². The highest BCUT2D eigenvalue weighted by molar-refractivity contribution is 5.85. The van der Waals surface area contributed by atoms with Crippen molar-refractivity contribution in [3.63, 3.8) is 0 Å². The first-order chi connectivity index (χ1) is 14.3. The molecule has 4 unspecified atom stereocenters. The van der Waals surface area contributed by atoms with Gasteiger partial charge in [0.25, 0.3) is 0 Å². The summed E-state index contributed by atoms with van der Waals surface area (Å²) in [5.74, 6) is 2.51. The van der Waals surface area contributed by atoms with Crippen molar-refractivity contribution in [1.82, 2.24) is 0 Å². The van der Waals surface area contributed by atoms with E-state index in [1.807, 2.05) is 0 Å². The second kappa shape index (κ2) is 6.38. The van der Waals surface area contributed by atoms with Crippen LogP contribution in [0.4, 0.5) is 0 Å². The Morgan fingerprint density at radius 2 is 1.55 bits per heavy atom. The van der Waals surface area contributed by atoms with Gasteiger partial charge < -0.3 is 5.11 Å². The Hall–Kier alpha value is -0.860. The zero-order chi connectivity index (χ0) is 22.6. The van der Waals surface area contributed by atoms with Crippen LogP contribution < -0.4 is 0 Å². The minimum atomic E-state index is -0.514. The molecule has 0 amide bonds. The van der Waals surface area contributed by atoms with Crippen molar-refractivity contribution in [2.75, 3.05) is 0 Å². The third-order valence-corrected chi connectivity index (χ3v) is 12.9. The number of carbonyl (C=O) groups is 2. The third-order valence-electron chi connectivity index (χ3n) is 12.9. The molecule has 5 fully saturated rings. The summed E-state index contributed by atoms with van der Waals surface area (Å²) in [6.45, 7) is 14.4. The van der Waals surface area contributed by atoms with Crippen LogP contribution in [0.15, 0.2) is 0 Å². The molecular weight excluding hydrogens is 384 g/mol. The van der Waals surface area contributed by atoms with Crippen LogP contribution in [0, 0.1) is 56.7 Å². The summed E-state index contributed by atoms with van der Waals surface area (Å²) in [6.07, 6.45) is 10.5. The van der Waals surface area contributed by atoms with E-state index in [1.54, 1.807) is 0 Å². The first kappa shape index (κ1) is 22.0. The van der Waals surface area contributed by atoms with E-state index >= 15 is 0 Å². The number of carboxylic acids is 1. The first-order valence-corrected chi connectivity index (χ1v) is 13.1. The number of aliphatic carboxylic acids is 1. The number of hydrogen-bond donors (Lipinski definition) is 1. The Morgan fingerprint density at radius 1 is 0.839 bits per heavy atom. The average molecular weight is 429 g/mol. The normalized spacial score (nSPS) is 55.5. The zero-order valence-electron chi connectivity index (χ0n) is 20.7. The summed E-state index contributed by atoms with van der Waals surface area (Å²) in [4.78, 5) is 25.4. The number of carboxylic acid groups (broad SMARTS) is 1. The fourth-order valence-electron chi connectivity index (χ4n) is 11.1. The molecule has 0 aliphatic heterocycles. The third kappa shape index (κ3) is 2.42. The van der Waals surface area contributed by atoms with Gasteiger partial charge in [-0.3, -0.25) is 9.59 Å². The molecule has 0 aromatic rings. The molecule has 3 nitrogen and oxygen atoms in total. The Labute approximate surface area is 189 Å². The molecule has 5 saturated carbocycles. The van der Waals surface area contributed by atoms with Crippen LogP contribution in [0.1, 0.15) is 106 Å². The van der Waals surface area contributed by atoms with Crippen LogP contribution in [-0.2, 0) is 9.59 Å². The SMILES string of the molecule is C[C@@H]1CC[C@]2(C(=O)O)CC[C@]3(C)C(CCC4[C@@]5(C)CCC(=O)C(C)(C)C5CC[C@]43C)C12. The molecule has 31 heavy (non-hydrogen) atoms. The zero-order valence-corrected chi connectivity index (χ0v) is 20.7. The maximum absolute atomic E-state index is 12.8. The van der Waals surface area contributed by atoms with E-state index in [1.165, 1.54) is 19.3 Å². The molecule has 174 valence electrons. The van der Waals surface area contributed by atoms with Crippen LogP contribution in [0.2, 0.25) is 0 Å². The molecule has 0 spiro atoms. The molecule has 1 N–H and O–H groups in total. The highest BCUT2D eigenvalue weighted by Crippen LogP contribution is 2.77. The van der Waals surface area contributed by atoms with E-state index in [9.17, 15) is 14.7 Å². The predicted octanol–water partition coefficient (Wildman–Crippen LogP) is 6.74. The first-order valence-electron chi connectivity index (χ1n) is 13.1. The molecule has 9 atom stereocenters. The van der Waals surface area contributed by atoms with Crippen molar-refractivity contribution in [3.8, 4) is 0 Å². The monoisotopic (exact) mass is 428 g/mol. The lowest BCUT2D eigenvalue weighted by Crippen LogP contribution is -2.66. The van der Waals surface area contributed by atoms with Crippen molar-refractivity contribution in [2.24, 2.45) is 56.7 Å². The van der Waals surface area contributed by atoms with Gasteiger partial charge in [-0.1, -0.05) is 41.5 Å². The van der Waals surface area contributed by atoms with Gasteiger partial charge in [-0.2, -0.15) is 0 Å². The summed E-state index contributed by atoms with van der Waals surface area (Å²) in [7, 11) is 0. The van der Waals surface area contributed by atoms with Gasteiger partial charge in [0.1, 0.15) is 5.78 Å². The lowest BCUT2D eigenvalue weighted by Gasteiger charge is -2.72. The highest BCUT2D eigenvalue weighted by atomic mass is 16.4. The molecule has 0 aromatic heterocycles. The Balaban J connectivity index is 1.56. The van der Waals surface area contributed by atoms with Crippen LogP contribution in [0.25, 0.3) is 0 Å². The highest BCUT2D eigenvalue weighted by Gasteiger charge is 2.71. The number of rotatable bonds is 1. The molecule has 5 aliphatic rings. The quantitative estimate of drug-likeness (QED) is 0.503. The Bertz CT molecular complexity index is 815. The van der Waals surface area contributed by atoms with E-state index in [2.05, 4.69) is 41.5 Å². The van der Waals surface area contributed by atoms with Crippen molar-refractivity contribution < 1.29 is 14.7 Å². The van der Waals surface area contributed by atoms with Gasteiger partial charge in [-0.15, -0.1) is 0 Å². The van der Waals surface area contributed by atoms with Gasteiger partial charge in [0.15, 0.2) is 0 Å². The van der Waals surface area contributed by atoms with E-state index in [0.717, 1.165) is 44.9 Å². The minimum Gasteiger partial charge on any atom is -0.481 e. The van der Waals surface area contributed by atoms with Gasteiger partial charge in [0.2, 0.25) is 0 Å². The van der Waals surface area contributed by atoms with Gasteiger partial charge in [-0.25, -0.2) is 0 Å². The van der Waals surface area contributed by atoms with Gasteiger partial charge in [-0.05, 0) is 104 Å². The largest absolute Gasteiger partial charge is 0.481 e. The maximum atomic E-state index is 12.8. The van der Waals surface area contributed by atoms with Gasteiger partial charge in [0.05, 0.1) is 5.41 Å². The second-order valence-corrected chi connectivity index (χ2v) is 13.8. The molecule has 0 heterocycles. The topological polar surface area (TPSA) is 54.4 Å².